The molecule has 1 amide bonds. The molecule has 1 aromatic rings. The summed E-state index contributed by atoms with van der Waals surface area (Å²) in [5.74, 6) is 0.343. The van der Waals surface area contributed by atoms with Crippen molar-refractivity contribution in [3.8, 4) is 0 Å². The molecule has 90 valence electrons. The predicted molar refractivity (Wildman–Crippen MR) is 68.5 cm³/mol. The van der Waals surface area contributed by atoms with Crippen LogP contribution in [0.25, 0.3) is 0 Å². The monoisotopic (exact) mass is 240 g/mol. The Labute approximate surface area is 101 Å². The minimum atomic E-state index is -0.789. The Kier molecular flexibility index (Phi) is 4.50. The molecule has 0 aliphatic heterocycles. The van der Waals surface area contributed by atoms with Crippen molar-refractivity contribution in [3.63, 3.8) is 0 Å². The first kappa shape index (κ1) is 13.2. The van der Waals surface area contributed by atoms with E-state index in [-0.39, 0.29) is 5.91 Å². The molecule has 0 bridgehead atoms. The van der Waals surface area contributed by atoms with Gasteiger partial charge in [-0.3, -0.25) is 4.79 Å². The zero-order chi connectivity index (χ0) is 12.2. The average Bonchev–Trinajstić information content (AvgIpc) is 2.65. The molecule has 1 atom stereocenters. The first-order chi connectivity index (χ1) is 7.39. The van der Waals surface area contributed by atoms with Crippen molar-refractivity contribution in [2.24, 2.45) is 11.7 Å². The molecule has 0 spiro atoms. The van der Waals surface area contributed by atoms with E-state index in [1.165, 1.54) is 4.88 Å². The third-order valence-electron chi connectivity index (χ3n) is 2.33. The molecule has 3 N–H and O–H groups in total. The zero-order valence-electron chi connectivity index (χ0n) is 10.1. The van der Waals surface area contributed by atoms with E-state index in [2.05, 4.69) is 23.7 Å². The van der Waals surface area contributed by atoms with E-state index in [0.717, 1.165) is 6.42 Å². The highest BCUT2D eigenvalue weighted by molar-refractivity contribution is 7.09. The summed E-state index contributed by atoms with van der Waals surface area (Å²) in [6.07, 6.45) is 1.00. The molecule has 1 heterocycles. The molecule has 0 saturated heterocycles. The smallest absolute Gasteiger partial charge is 0.239 e. The molecule has 1 unspecified atom stereocenters. The van der Waals surface area contributed by atoms with Crippen molar-refractivity contribution in [1.82, 2.24) is 5.32 Å². The Bertz CT molecular complexity index is 327. The van der Waals surface area contributed by atoms with E-state index < -0.39 is 5.54 Å². The van der Waals surface area contributed by atoms with Crippen LogP contribution in [-0.2, 0) is 11.2 Å². The number of hydrogen-bond donors (Lipinski definition) is 2. The van der Waals surface area contributed by atoms with Crippen molar-refractivity contribution in [3.05, 3.63) is 22.4 Å². The maximum Gasteiger partial charge on any atom is 0.239 e. The number of carbonyl (C=O) groups excluding carboxylic acids is 1. The van der Waals surface area contributed by atoms with Gasteiger partial charge in [0, 0.05) is 11.4 Å². The van der Waals surface area contributed by atoms with Gasteiger partial charge in [-0.1, -0.05) is 13.0 Å². The molecule has 16 heavy (non-hydrogen) atoms. The van der Waals surface area contributed by atoms with Crippen LogP contribution in [0.1, 0.15) is 25.6 Å². The van der Waals surface area contributed by atoms with E-state index >= 15 is 0 Å². The number of carbonyl (C=O) groups is 1. The average molecular weight is 240 g/mol. The van der Waals surface area contributed by atoms with E-state index in [9.17, 15) is 4.79 Å². The first-order valence-electron chi connectivity index (χ1n) is 5.49. The summed E-state index contributed by atoms with van der Waals surface area (Å²) in [6.45, 7) is 6.24. The van der Waals surface area contributed by atoms with E-state index in [1.807, 2.05) is 6.07 Å². The van der Waals surface area contributed by atoms with Gasteiger partial charge in [-0.25, -0.2) is 0 Å². The highest BCUT2D eigenvalue weighted by Gasteiger charge is 2.21. The number of nitrogens with one attached hydrogen (secondary N) is 1. The number of amides is 1. The van der Waals surface area contributed by atoms with E-state index in [4.69, 9.17) is 5.73 Å². The Morgan fingerprint density at radius 1 is 1.62 bits per heavy atom. The van der Waals surface area contributed by atoms with Gasteiger partial charge in [0.2, 0.25) is 5.91 Å². The van der Waals surface area contributed by atoms with Crippen LogP contribution >= 0.6 is 11.3 Å². The number of thiophene rings is 1. The van der Waals surface area contributed by atoms with Crippen molar-refractivity contribution in [2.75, 3.05) is 6.54 Å². The second kappa shape index (κ2) is 5.46. The Morgan fingerprint density at radius 2 is 2.31 bits per heavy atom. The lowest BCUT2D eigenvalue weighted by atomic mass is 10.0. The third-order valence-corrected chi connectivity index (χ3v) is 3.22. The molecule has 0 saturated carbocycles. The number of nitrogens with two attached hydrogens (primary N) is 1. The van der Waals surface area contributed by atoms with Gasteiger partial charge in [0.1, 0.15) is 0 Å². The number of rotatable bonds is 5. The highest BCUT2D eigenvalue weighted by atomic mass is 32.1. The van der Waals surface area contributed by atoms with Gasteiger partial charge in [-0.2, -0.15) is 0 Å². The lowest BCUT2D eigenvalue weighted by Crippen LogP contribution is -2.50. The van der Waals surface area contributed by atoms with E-state index in [0.29, 0.717) is 12.5 Å². The van der Waals surface area contributed by atoms with Crippen molar-refractivity contribution < 1.29 is 4.79 Å². The van der Waals surface area contributed by atoms with Crippen LogP contribution in [-0.4, -0.2) is 18.0 Å². The molecule has 0 aliphatic carbocycles. The van der Waals surface area contributed by atoms with Crippen LogP contribution in [0.15, 0.2) is 17.5 Å². The van der Waals surface area contributed by atoms with Gasteiger partial charge >= 0.3 is 0 Å². The molecular weight excluding hydrogens is 220 g/mol. The maximum atomic E-state index is 11.5. The molecular formula is C12H20N2OS. The van der Waals surface area contributed by atoms with Crippen molar-refractivity contribution >= 4 is 17.2 Å². The lowest BCUT2D eigenvalue weighted by molar-refractivity contribution is -0.125. The van der Waals surface area contributed by atoms with Crippen molar-refractivity contribution in [1.29, 1.82) is 0 Å². The van der Waals surface area contributed by atoms with Crippen LogP contribution in [0.3, 0.4) is 0 Å². The molecule has 1 rings (SSSR count). The minimum absolute atomic E-state index is 0.0921. The standard InChI is InChI=1S/C12H20N2OS/c1-9(7-10-5-4-6-16-10)8-14-11(15)12(2,3)13/h4-6,9H,7-8,13H2,1-3H3,(H,14,15). The molecule has 0 fully saturated rings. The summed E-state index contributed by atoms with van der Waals surface area (Å²) in [5.41, 5.74) is 4.90. The van der Waals surface area contributed by atoms with Crippen LogP contribution < -0.4 is 11.1 Å². The van der Waals surface area contributed by atoms with Crippen LogP contribution in [0.5, 0.6) is 0 Å². The SMILES string of the molecule is CC(CNC(=O)C(C)(C)N)Cc1cccs1. The Hall–Kier alpha value is -0.870. The summed E-state index contributed by atoms with van der Waals surface area (Å²) in [6, 6.07) is 4.17. The molecule has 4 heteroatoms. The maximum absolute atomic E-state index is 11.5. The quantitative estimate of drug-likeness (QED) is 0.824. The summed E-state index contributed by atoms with van der Waals surface area (Å²) in [5, 5.41) is 4.95. The van der Waals surface area contributed by atoms with E-state index in [1.54, 1.807) is 25.2 Å². The van der Waals surface area contributed by atoms with Crippen LogP contribution in [0.2, 0.25) is 0 Å². The lowest BCUT2D eigenvalue weighted by Gasteiger charge is -2.19. The largest absolute Gasteiger partial charge is 0.354 e. The third kappa shape index (κ3) is 4.33. The van der Waals surface area contributed by atoms with Gasteiger partial charge in [-0.15, -0.1) is 11.3 Å². The number of hydrogen-bond acceptors (Lipinski definition) is 3. The highest BCUT2D eigenvalue weighted by Crippen LogP contribution is 2.13. The second-order valence-corrected chi connectivity index (χ2v) is 5.85. The van der Waals surface area contributed by atoms with Gasteiger partial charge in [0.15, 0.2) is 0 Å². The van der Waals surface area contributed by atoms with Crippen LogP contribution in [0, 0.1) is 5.92 Å². The zero-order valence-corrected chi connectivity index (χ0v) is 10.9. The minimum Gasteiger partial charge on any atom is -0.354 e. The molecule has 1 aromatic heterocycles. The second-order valence-electron chi connectivity index (χ2n) is 4.82. The fraction of sp³-hybridized carbons (Fsp3) is 0.583. The molecule has 3 nitrogen and oxygen atoms in total. The molecule has 0 radical (unpaired) electrons. The van der Waals surface area contributed by atoms with Crippen LogP contribution in [0.4, 0.5) is 0 Å². The fourth-order valence-electron chi connectivity index (χ4n) is 1.34. The van der Waals surface area contributed by atoms with Gasteiger partial charge in [0.25, 0.3) is 0 Å². The summed E-state index contributed by atoms with van der Waals surface area (Å²) < 4.78 is 0. The summed E-state index contributed by atoms with van der Waals surface area (Å²) in [7, 11) is 0. The van der Waals surface area contributed by atoms with Gasteiger partial charge in [-0.05, 0) is 37.6 Å². The fourth-order valence-corrected chi connectivity index (χ4v) is 2.21. The normalized spacial score (nSPS) is 13.5. The summed E-state index contributed by atoms with van der Waals surface area (Å²) in [4.78, 5) is 12.9. The van der Waals surface area contributed by atoms with Gasteiger partial charge in [0.05, 0.1) is 5.54 Å². The topological polar surface area (TPSA) is 55.1 Å². The molecule has 0 aliphatic rings. The molecule has 0 aromatic carbocycles. The first-order valence-corrected chi connectivity index (χ1v) is 6.37. The predicted octanol–water partition coefficient (Wildman–Crippen LogP) is 1.78. The van der Waals surface area contributed by atoms with Gasteiger partial charge < -0.3 is 11.1 Å². The Morgan fingerprint density at radius 3 is 2.81 bits per heavy atom. The Balaban J connectivity index is 2.31. The van der Waals surface area contributed by atoms with Crippen molar-refractivity contribution in [2.45, 2.75) is 32.7 Å². The summed E-state index contributed by atoms with van der Waals surface area (Å²) >= 11 is 1.75.